The van der Waals surface area contributed by atoms with E-state index in [1.54, 1.807) is 24.3 Å². The van der Waals surface area contributed by atoms with Gasteiger partial charge in [-0.1, -0.05) is 12.1 Å². The van der Waals surface area contributed by atoms with Crippen LogP contribution in [0.3, 0.4) is 0 Å². The van der Waals surface area contributed by atoms with Gasteiger partial charge in [-0.3, -0.25) is 38.4 Å². The second kappa shape index (κ2) is 12.5. The molecule has 4 aliphatic rings. The first-order valence-electron chi connectivity index (χ1n) is 12.6. The summed E-state index contributed by atoms with van der Waals surface area (Å²) in [6, 6.07) is 12.2. The van der Waals surface area contributed by atoms with E-state index in [1.807, 2.05) is 6.92 Å². The quantitative estimate of drug-likeness (QED) is 0.396. The molecule has 8 amide bonds. The molecule has 4 aliphatic heterocycles. The molecule has 0 bridgehead atoms. The van der Waals surface area contributed by atoms with E-state index in [0.717, 1.165) is 19.6 Å². The van der Waals surface area contributed by atoms with Crippen molar-refractivity contribution >= 4 is 70.0 Å². The molecule has 2 aromatic carbocycles. The third-order valence-corrected chi connectivity index (χ3v) is 5.95. The van der Waals surface area contributed by atoms with Crippen LogP contribution in [0.1, 0.15) is 6.92 Å². The van der Waals surface area contributed by atoms with Gasteiger partial charge >= 0.3 is 0 Å². The zero-order valence-electron chi connectivity index (χ0n) is 22.6. The molecule has 2 aromatic rings. The van der Waals surface area contributed by atoms with Crippen molar-refractivity contribution in [2.24, 2.45) is 0 Å². The summed E-state index contributed by atoms with van der Waals surface area (Å²) >= 11 is 0. The fourth-order valence-corrected chi connectivity index (χ4v) is 4.14. The number of nitrogens with zero attached hydrogens (tertiary/aromatic N) is 4. The molecule has 0 fully saturated rings. The van der Waals surface area contributed by atoms with Crippen molar-refractivity contribution in [3.05, 3.63) is 110 Å². The predicted molar refractivity (Wildman–Crippen MR) is 155 cm³/mol. The van der Waals surface area contributed by atoms with Crippen molar-refractivity contribution in [1.82, 2.24) is 0 Å². The van der Waals surface area contributed by atoms with Gasteiger partial charge in [0.05, 0.1) is 22.7 Å². The van der Waals surface area contributed by atoms with E-state index < -0.39 is 47.3 Å². The highest BCUT2D eigenvalue weighted by Crippen LogP contribution is 2.27. The van der Waals surface area contributed by atoms with Crippen LogP contribution in [0.5, 0.6) is 0 Å². The minimum absolute atomic E-state index is 0.315. The Morgan fingerprint density at radius 1 is 0.419 bits per heavy atom. The minimum Gasteiger partial charge on any atom is -0.269 e. The number of carbonyl (C=O) groups is 8. The Bertz CT molecular complexity index is 1520. The Labute approximate surface area is 244 Å². The normalized spacial score (nSPS) is 16.9. The maximum absolute atomic E-state index is 11.6. The zero-order chi connectivity index (χ0) is 31.3. The maximum Gasteiger partial charge on any atom is 0.258 e. The van der Waals surface area contributed by atoms with Crippen molar-refractivity contribution in [2.45, 2.75) is 6.92 Å². The van der Waals surface area contributed by atoms with Crippen LogP contribution in [0.2, 0.25) is 0 Å². The Balaban J connectivity index is 0.000000181. The summed E-state index contributed by atoms with van der Waals surface area (Å²) < 4.78 is 0. The fourth-order valence-electron chi connectivity index (χ4n) is 4.14. The highest BCUT2D eigenvalue weighted by molar-refractivity contribution is 6.31. The molecule has 214 valence electrons. The van der Waals surface area contributed by atoms with Gasteiger partial charge in [0, 0.05) is 48.6 Å². The van der Waals surface area contributed by atoms with E-state index in [2.05, 4.69) is 6.58 Å². The van der Waals surface area contributed by atoms with Gasteiger partial charge in [-0.25, -0.2) is 19.6 Å². The van der Waals surface area contributed by atoms with Crippen molar-refractivity contribution in [3.63, 3.8) is 0 Å². The zero-order valence-corrected chi connectivity index (χ0v) is 22.6. The topological polar surface area (TPSA) is 150 Å². The molecule has 12 nitrogen and oxygen atoms in total. The van der Waals surface area contributed by atoms with Crippen LogP contribution in [-0.4, -0.2) is 47.3 Å². The summed E-state index contributed by atoms with van der Waals surface area (Å²) in [5, 5.41) is 0. The van der Waals surface area contributed by atoms with Gasteiger partial charge in [0.25, 0.3) is 47.3 Å². The highest BCUT2D eigenvalue weighted by Gasteiger charge is 2.29. The number of imide groups is 4. The molecule has 0 atom stereocenters. The lowest BCUT2D eigenvalue weighted by molar-refractivity contribution is -0.121. The summed E-state index contributed by atoms with van der Waals surface area (Å²) in [6.45, 7) is 5.25. The third kappa shape index (κ3) is 6.07. The highest BCUT2D eigenvalue weighted by atomic mass is 16.2. The van der Waals surface area contributed by atoms with Crippen molar-refractivity contribution < 1.29 is 38.4 Å². The standard InChI is InChI=1S/2C14H8N2O4.C3H6/c17-11-5-6-12(18)15(11)9-1-2-10(4-3-9)16-13(19)7-8-14(16)20;17-11-4-5-12(18)15(11)9-2-1-3-10(8-9)16-13(19)6-7-14(16)20;1-3-2/h2*1-8H;3H,1H2,2H3. The third-order valence-electron chi connectivity index (χ3n) is 5.95. The lowest BCUT2D eigenvalue weighted by Crippen LogP contribution is -2.31. The van der Waals surface area contributed by atoms with Gasteiger partial charge in [0.2, 0.25) is 0 Å². The molecule has 43 heavy (non-hydrogen) atoms. The molecular formula is C31H22N4O8. The van der Waals surface area contributed by atoms with Crippen LogP contribution in [0, 0.1) is 0 Å². The van der Waals surface area contributed by atoms with Crippen LogP contribution in [0.25, 0.3) is 0 Å². The number of anilines is 4. The first kappa shape index (κ1) is 29.7. The molecule has 0 radical (unpaired) electrons. The maximum atomic E-state index is 11.6. The van der Waals surface area contributed by atoms with Crippen LogP contribution >= 0.6 is 0 Å². The van der Waals surface area contributed by atoms with E-state index in [1.165, 1.54) is 78.9 Å². The molecular weight excluding hydrogens is 556 g/mol. The van der Waals surface area contributed by atoms with Gasteiger partial charge in [-0.15, -0.1) is 6.58 Å². The molecule has 0 aromatic heterocycles. The molecule has 0 aliphatic carbocycles. The van der Waals surface area contributed by atoms with Gasteiger partial charge in [-0.2, -0.15) is 0 Å². The minimum atomic E-state index is -0.454. The summed E-state index contributed by atoms with van der Waals surface area (Å²) in [6.07, 6.45) is 11.2. The second-order valence-electron chi connectivity index (χ2n) is 8.83. The fraction of sp³-hybridized carbons (Fsp3) is 0.0323. The van der Waals surface area contributed by atoms with Gasteiger partial charge in [-0.05, 0) is 49.4 Å². The Kier molecular flexibility index (Phi) is 8.61. The Morgan fingerprint density at radius 3 is 0.860 bits per heavy atom. The Hall–Kier alpha value is -6.30. The average molecular weight is 579 g/mol. The largest absolute Gasteiger partial charge is 0.269 e. The number of rotatable bonds is 4. The van der Waals surface area contributed by atoms with E-state index in [-0.39, 0.29) is 0 Å². The van der Waals surface area contributed by atoms with Gasteiger partial charge < -0.3 is 0 Å². The number of benzene rings is 2. The summed E-state index contributed by atoms with van der Waals surface area (Å²) in [4.78, 5) is 96.5. The van der Waals surface area contributed by atoms with Gasteiger partial charge in [0.15, 0.2) is 0 Å². The lowest BCUT2D eigenvalue weighted by atomic mass is 10.2. The molecule has 0 saturated carbocycles. The van der Waals surface area contributed by atoms with Crippen LogP contribution in [0.15, 0.2) is 110 Å². The summed E-state index contributed by atoms with van der Waals surface area (Å²) in [7, 11) is 0. The molecule has 0 unspecified atom stereocenters. The van der Waals surface area contributed by atoms with E-state index in [4.69, 9.17) is 0 Å². The lowest BCUT2D eigenvalue weighted by Gasteiger charge is -2.18. The first-order chi connectivity index (χ1) is 20.6. The van der Waals surface area contributed by atoms with Crippen molar-refractivity contribution in [3.8, 4) is 0 Å². The Morgan fingerprint density at radius 2 is 0.628 bits per heavy atom. The monoisotopic (exact) mass is 578 g/mol. The van der Waals surface area contributed by atoms with E-state index in [9.17, 15) is 38.4 Å². The van der Waals surface area contributed by atoms with E-state index >= 15 is 0 Å². The first-order valence-corrected chi connectivity index (χ1v) is 12.6. The molecule has 4 heterocycles. The van der Waals surface area contributed by atoms with Crippen LogP contribution in [-0.2, 0) is 38.4 Å². The molecule has 0 spiro atoms. The van der Waals surface area contributed by atoms with E-state index in [0.29, 0.717) is 22.7 Å². The number of hydrogen-bond donors (Lipinski definition) is 0. The van der Waals surface area contributed by atoms with Crippen molar-refractivity contribution in [1.29, 1.82) is 0 Å². The molecule has 0 saturated heterocycles. The van der Waals surface area contributed by atoms with Crippen LogP contribution < -0.4 is 19.6 Å². The number of hydrogen-bond acceptors (Lipinski definition) is 8. The number of carbonyl (C=O) groups excluding carboxylic acids is 8. The van der Waals surface area contributed by atoms with Crippen LogP contribution in [0.4, 0.5) is 22.7 Å². The summed E-state index contributed by atoms with van der Waals surface area (Å²) in [5.74, 6) is -3.49. The number of allylic oxidation sites excluding steroid dienone is 1. The second-order valence-corrected chi connectivity index (χ2v) is 8.83. The molecule has 12 heteroatoms. The SMILES string of the molecule is C=CC.O=C1C=CC(=O)N1c1ccc(N2C(=O)C=CC2=O)cc1.O=C1C=CC(=O)N1c1cccc(N2C(=O)C=CC2=O)c1. The molecule has 0 N–H and O–H groups in total. The number of amides is 8. The smallest absolute Gasteiger partial charge is 0.258 e. The predicted octanol–water partition coefficient (Wildman–Crippen LogP) is 2.28. The summed E-state index contributed by atoms with van der Waals surface area (Å²) in [5.41, 5.74) is 1.41. The molecule has 6 rings (SSSR count). The van der Waals surface area contributed by atoms with Crippen molar-refractivity contribution in [2.75, 3.05) is 19.6 Å². The average Bonchev–Trinajstić information content (AvgIpc) is 3.71. The van der Waals surface area contributed by atoms with Gasteiger partial charge in [0.1, 0.15) is 0 Å².